The summed E-state index contributed by atoms with van der Waals surface area (Å²) in [7, 11) is -12.9. The number of aliphatic hydroxyl groups excluding tert-OH is 1. The maximum absolute atomic E-state index is 11.8. The molecule has 2 heterocycles. The topological polar surface area (TPSA) is 304 Å². The summed E-state index contributed by atoms with van der Waals surface area (Å²) in [6.45, 7) is -1.29. The number of carbonyl (C=O) groups is 1. The summed E-state index contributed by atoms with van der Waals surface area (Å²) in [5.41, 5.74) is 0. The molecule has 24 heteroatoms. The first-order valence-corrected chi connectivity index (χ1v) is 14.3. The van der Waals surface area contributed by atoms with E-state index in [1.807, 2.05) is 0 Å². The molecule has 0 spiro atoms. The predicted molar refractivity (Wildman–Crippen MR) is 115 cm³/mol. The van der Waals surface area contributed by atoms with Gasteiger partial charge in [-0.15, -0.1) is 0 Å². The first kappa shape index (κ1) is 34.0. The molecule has 10 atom stereocenters. The number of carboxylic acids is 1. The molecule has 0 amide bonds. The summed E-state index contributed by atoms with van der Waals surface area (Å²) in [6.07, 6.45) is -19.6. The number of hydrogen-bond acceptors (Lipinski definition) is 17. The van der Waals surface area contributed by atoms with E-state index in [1.165, 1.54) is 0 Å². The van der Waals surface area contributed by atoms with Crippen molar-refractivity contribution in [2.45, 2.75) is 61.4 Å². The van der Waals surface area contributed by atoms with E-state index in [9.17, 15) is 44.8 Å². The zero-order valence-corrected chi connectivity index (χ0v) is 22.4. The van der Waals surface area contributed by atoms with Crippen molar-refractivity contribution in [3.05, 3.63) is 0 Å². The second-order valence-electron chi connectivity index (χ2n) is 7.72. The summed E-state index contributed by atoms with van der Waals surface area (Å²) < 4.78 is 140. The number of rotatable bonds is 13. The van der Waals surface area contributed by atoms with Crippen LogP contribution in [0, 0.1) is 0 Å². The third-order valence-corrected chi connectivity index (χ3v) is 6.67. The molecule has 230 valence electrons. The van der Waals surface area contributed by atoms with E-state index >= 15 is 0 Å². The fourth-order valence-electron chi connectivity index (χ4n) is 3.89. The maximum atomic E-state index is 11.8. The minimum Gasteiger partial charge on any atom is -0.479 e. The minimum atomic E-state index is -5.57. The lowest BCUT2D eigenvalue weighted by Crippen LogP contribution is -2.66. The lowest BCUT2D eigenvalue weighted by Gasteiger charge is -2.47. The maximum Gasteiger partial charge on any atom is 0.397 e. The number of ether oxygens (including phenoxy) is 6. The van der Waals surface area contributed by atoms with Crippen LogP contribution in [0.4, 0.5) is 0 Å². The first-order chi connectivity index (χ1) is 17.8. The Kier molecular flexibility index (Phi) is 11.5. The van der Waals surface area contributed by atoms with Crippen LogP contribution in [0.15, 0.2) is 0 Å². The molecular formula is C15H26O21S3. The van der Waals surface area contributed by atoms with Gasteiger partial charge < -0.3 is 38.6 Å². The molecule has 0 aromatic rings. The van der Waals surface area contributed by atoms with Crippen molar-refractivity contribution >= 4 is 37.2 Å². The number of aliphatic carboxylic acids is 1. The Morgan fingerprint density at radius 1 is 0.718 bits per heavy atom. The van der Waals surface area contributed by atoms with E-state index in [1.54, 1.807) is 0 Å². The monoisotopic (exact) mass is 638 g/mol. The van der Waals surface area contributed by atoms with Gasteiger partial charge in [-0.3, -0.25) is 13.7 Å². The molecular weight excluding hydrogens is 612 g/mol. The Morgan fingerprint density at radius 3 is 1.67 bits per heavy atom. The van der Waals surface area contributed by atoms with E-state index < -0.39 is 105 Å². The summed E-state index contributed by atoms with van der Waals surface area (Å²) in [6, 6.07) is 0. The molecule has 2 fully saturated rings. The van der Waals surface area contributed by atoms with Crippen molar-refractivity contribution in [1.82, 2.24) is 0 Å². The van der Waals surface area contributed by atoms with Gasteiger partial charge in [-0.05, 0) is 0 Å². The molecule has 0 aromatic heterocycles. The molecule has 0 aliphatic carbocycles. The standard InChI is InChI=1S/C15H26O21S3/c1-28-7-8(29-2)12(30-3)15(34-10(7)13(16)17)33-6-5(4-31-37(19,20)21)32-14(18)11(36-39(25,26)27)9(6)35-38(22,23)24/h5-12,14-15,18H,4H2,1-3H3,(H,16,17)(H,19,20,21)(H,22,23,24)(H,25,26,27)/t5-,6+,7+,8+,9+,10-,11-,12-,14+,15-/m1/s1. The molecule has 2 aliphatic heterocycles. The highest BCUT2D eigenvalue weighted by atomic mass is 32.3. The van der Waals surface area contributed by atoms with Crippen molar-refractivity contribution in [2.24, 2.45) is 0 Å². The second-order valence-corrected chi connectivity index (χ2v) is 10.9. The van der Waals surface area contributed by atoms with Gasteiger partial charge >= 0.3 is 37.2 Å². The Labute approximate surface area is 221 Å². The van der Waals surface area contributed by atoms with Crippen molar-refractivity contribution < 1.29 is 94.9 Å². The third kappa shape index (κ3) is 9.42. The molecule has 2 rings (SSSR count). The van der Waals surface area contributed by atoms with Crippen LogP contribution in [0.3, 0.4) is 0 Å². The fourth-order valence-corrected chi connectivity index (χ4v) is 5.18. The molecule has 2 aliphatic rings. The normalized spacial score (nSPS) is 36.5. The van der Waals surface area contributed by atoms with Crippen LogP contribution in [0.2, 0.25) is 0 Å². The fraction of sp³-hybridized carbons (Fsp3) is 0.933. The smallest absolute Gasteiger partial charge is 0.397 e. The number of methoxy groups -OCH3 is 3. The number of hydrogen-bond donors (Lipinski definition) is 5. The quantitative estimate of drug-likeness (QED) is 0.120. The lowest BCUT2D eigenvalue weighted by molar-refractivity contribution is -0.351. The minimum absolute atomic E-state index is 1.08. The Balaban J connectivity index is 2.61. The Bertz CT molecular complexity index is 1150. The SMILES string of the molecule is CO[C@@H]1[C@@H](OC)[C@H](O[C@@H]2[C@H](OS(=O)(=O)O)[C@@H](OS(=O)(=O)O)[C@@H](O)O[C@@H]2COS(=O)(=O)O)O[C@@H](C(=O)O)[C@H]1OC. The van der Waals surface area contributed by atoms with Gasteiger partial charge in [0.15, 0.2) is 24.8 Å². The average molecular weight is 639 g/mol. The molecule has 5 N–H and O–H groups in total. The van der Waals surface area contributed by atoms with Crippen LogP contribution in [0.1, 0.15) is 0 Å². The van der Waals surface area contributed by atoms with Crippen molar-refractivity contribution in [3.8, 4) is 0 Å². The summed E-state index contributed by atoms with van der Waals surface area (Å²) in [5, 5.41) is 19.8. The molecule has 0 bridgehead atoms. The van der Waals surface area contributed by atoms with Gasteiger partial charge in [0.05, 0.1) is 6.61 Å². The highest BCUT2D eigenvalue weighted by Crippen LogP contribution is 2.34. The second kappa shape index (κ2) is 13.2. The molecule has 0 aromatic carbocycles. The summed E-state index contributed by atoms with van der Waals surface area (Å²) in [5.74, 6) is -1.60. The predicted octanol–water partition coefficient (Wildman–Crippen LogP) is -3.86. The van der Waals surface area contributed by atoms with Crippen molar-refractivity contribution in [1.29, 1.82) is 0 Å². The summed E-state index contributed by atoms with van der Waals surface area (Å²) >= 11 is 0. The van der Waals surface area contributed by atoms with Gasteiger partial charge in [-0.25, -0.2) is 17.3 Å². The third-order valence-electron chi connectivity index (χ3n) is 5.30. The van der Waals surface area contributed by atoms with Gasteiger partial charge in [-0.2, -0.15) is 25.3 Å². The molecule has 0 saturated carbocycles. The Morgan fingerprint density at radius 2 is 1.23 bits per heavy atom. The van der Waals surface area contributed by atoms with Crippen LogP contribution < -0.4 is 0 Å². The van der Waals surface area contributed by atoms with E-state index in [-0.39, 0.29) is 0 Å². The number of carboxylic acid groups (broad SMARTS) is 1. The van der Waals surface area contributed by atoms with E-state index in [4.69, 9.17) is 37.5 Å². The molecule has 39 heavy (non-hydrogen) atoms. The first-order valence-electron chi connectivity index (χ1n) is 10.2. The van der Waals surface area contributed by atoms with Crippen LogP contribution in [0.5, 0.6) is 0 Å². The highest BCUT2D eigenvalue weighted by molar-refractivity contribution is 7.81. The lowest BCUT2D eigenvalue weighted by atomic mass is 9.96. The molecule has 2 saturated heterocycles. The van der Waals surface area contributed by atoms with Crippen LogP contribution in [0.25, 0.3) is 0 Å². The van der Waals surface area contributed by atoms with Crippen molar-refractivity contribution in [3.63, 3.8) is 0 Å². The van der Waals surface area contributed by atoms with E-state index in [0.29, 0.717) is 0 Å². The zero-order valence-electron chi connectivity index (χ0n) is 20.0. The highest BCUT2D eigenvalue weighted by Gasteiger charge is 2.56. The van der Waals surface area contributed by atoms with Gasteiger partial charge in [0.2, 0.25) is 0 Å². The van der Waals surface area contributed by atoms with Crippen molar-refractivity contribution in [2.75, 3.05) is 27.9 Å². The number of aliphatic hydroxyl groups is 1. The van der Waals surface area contributed by atoms with E-state index in [0.717, 1.165) is 21.3 Å². The van der Waals surface area contributed by atoms with E-state index in [2.05, 4.69) is 12.5 Å². The summed E-state index contributed by atoms with van der Waals surface area (Å²) in [4.78, 5) is 11.8. The largest absolute Gasteiger partial charge is 0.479 e. The molecule has 0 unspecified atom stereocenters. The van der Waals surface area contributed by atoms with Crippen LogP contribution >= 0.6 is 0 Å². The molecule has 21 nitrogen and oxygen atoms in total. The average Bonchev–Trinajstić information content (AvgIpc) is 2.78. The molecule has 0 radical (unpaired) electrons. The van der Waals surface area contributed by atoms with Gasteiger partial charge in [-0.1, -0.05) is 0 Å². The van der Waals surface area contributed by atoms with Crippen LogP contribution in [-0.2, 0) is 77.0 Å². The Hall–Kier alpha value is -1.20. The van der Waals surface area contributed by atoms with Crippen LogP contribution in [-0.4, -0.2) is 144 Å². The zero-order chi connectivity index (χ0) is 29.9. The van der Waals surface area contributed by atoms with Gasteiger partial charge in [0.25, 0.3) is 0 Å². The van der Waals surface area contributed by atoms with Gasteiger partial charge in [0, 0.05) is 21.3 Å². The van der Waals surface area contributed by atoms with Gasteiger partial charge in [0.1, 0.15) is 36.6 Å².